The summed E-state index contributed by atoms with van der Waals surface area (Å²) in [5.41, 5.74) is 3.40. The molecule has 32 heavy (non-hydrogen) atoms. The van der Waals surface area contributed by atoms with Gasteiger partial charge in [-0.2, -0.15) is 5.26 Å². The van der Waals surface area contributed by atoms with Crippen molar-refractivity contribution in [3.8, 4) is 17.6 Å². The molecular weight excluding hydrogens is 424 g/mol. The number of aromatic amines is 1. The van der Waals surface area contributed by atoms with E-state index in [1.807, 2.05) is 36.5 Å². The molecule has 0 atom stereocenters. The highest BCUT2D eigenvalue weighted by atomic mass is 32.2. The SMILES string of the molecule is N#Cc1cc2cc3c(cc2nc1SCC(=O)NCCc1c[nH]c2ccccc12)OCCO3. The molecule has 0 saturated heterocycles. The van der Waals surface area contributed by atoms with Crippen LogP contribution in [0.1, 0.15) is 11.1 Å². The number of rotatable bonds is 6. The van der Waals surface area contributed by atoms with Gasteiger partial charge in [0.05, 0.1) is 16.8 Å². The Morgan fingerprint density at radius 3 is 2.84 bits per heavy atom. The van der Waals surface area contributed by atoms with Crippen LogP contribution in [0.2, 0.25) is 0 Å². The lowest BCUT2D eigenvalue weighted by Crippen LogP contribution is -2.27. The van der Waals surface area contributed by atoms with Crippen molar-refractivity contribution in [1.29, 1.82) is 5.26 Å². The van der Waals surface area contributed by atoms with Gasteiger partial charge in [0.1, 0.15) is 24.3 Å². The molecule has 2 aromatic carbocycles. The first kappa shape index (κ1) is 20.2. The second-order valence-corrected chi connectivity index (χ2v) is 8.35. The van der Waals surface area contributed by atoms with Crippen LogP contribution in [0.3, 0.4) is 0 Å². The first-order valence-corrected chi connectivity index (χ1v) is 11.3. The molecule has 0 fully saturated rings. The molecule has 1 aliphatic heterocycles. The highest BCUT2D eigenvalue weighted by Crippen LogP contribution is 2.35. The van der Waals surface area contributed by atoms with E-state index in [0.717, 1.165) is 17.3 Å². The van der Waals surface area contributed by atoms with Gasteiger partial charge in [-0.15, -0.1) is 0 Å². The molecule has 160 valence electrons. The molecule has 1 aliphatic rings. The number of benzene rings is 2. The number of nitrogens with zero attached hydrogens (tertiary/aromatic N) is 2. The number of hydrogen-bond donors (Lipinski definition) is 2. The summed E-state index contributed by atoms with van der Waals surface area (Å²) in [6, 6.07) is 15.7. The number of thioether (sulfide) groups is 1. The van der Waals surface area contributed by atoms with E-state index in [4.69, 9.17) is 9.47 Å². The molecule has 4 aromatic rings. The van der Waals surface area contributed by atoms with Crippen molar-refractivity contribution >= 4 is 39.5 Å². The number of H-pyrrole nitrogens is 1. The van der Waals surface area contributed by atoms with Crippen LogP contribution < -0.4 is 14.8 Å². The fourth-order valence-electron chi connectivity index (χ4n) is 3.74. The molecule has 5 rings (SSSR count). The number of hydrogen-bond acceptors (Lipinski definition) is 6. The Morgan fingerprint density at radius 1 is 1.19 bits per heavy atom. The van der Waals surface area contributed by atoms with Crippen LogP contribution >= 0.6 is 11.8 Å². The second-order valence-electron chi connectivity index (χ2n) is 7.39. The number of carbonyl (C=O) groups excluding carboxylic acids is 1. The highest BCUT2D eigenvalue weighted by molar-refractivity contribution is 8.00. The molecule has 0 saturated carbocycles. The van der Waals surface area contributed by atoms with Gasteiger partial charge in [-0.3, -0.25) is 4.79 Å². The van der Waals surface area contributed by atoms with Crippen LogP contribution in [-0.4, -0.2) is 41.4 Å². The van der Waals surface area contributed by atoms with Crippen molar-refractivity contribution in [3.05, 3.63) is 59.8 Å². The molecule has 0 spiro atoms. The fourth-order valence-corrected chi connectivity index (χ4v) is 4.54. The summed E-state index contributed by atoms with van der Waals surface area (Å²) in [5, 5.41) is 15.0. The van der Waals surface area contributed by atoms with Crippen LogP contribution in [0.4, 0.5) is 0 Å². The summed E-state index contributed by atoms with van der Waals surface area (Å²) >= 11 is 1.26. The molecule has 0 bridgehead atoms. The minimum atomic E-state index is -0.0946. The van der Waals surface area contributed by atoms with Crippen LogP contribution in [-0.2, 0) is 11.2 Å². The summed E-state index contributed by atoms with van der Waals surface area (Å²) in [5.74, 6) is 1.39. The first-order chi connectivity index (χ1) is 15.7. The lowest BCUT2D eigenvalue weighted by atomic mass is 10.1. The van der Waals surface area contributed by atoms with Gasteiger partial charge in [0.25, 0.3) is 0 Å². The number of ether oxygens (including phenoxy) is 2. The Balaban J connectivity index is 1.23. The maximum atomic E-state index is 12.4. The van der Waals surface area contributed by atoms with Crippen molar-refractivity contribution in [2.24, 2.45) is 0 Å². The molecule has 2 N–H and O–H groups in total. The number of nitriles is 1. The number of aromatic nitrogens is 2. The highest BCUT2D eigenvalue weighted by Gasteiger charge is 2.16. The Bertz CT molecular complexity index is 1360. The quantitative estimate of drug-likeness (QED) is 0.439. The first-order valence-electron chi connectivity index (χ1n) is 10.3. The fraction of sp³-hybridized carbons (Fsp3) is 0.208. The van der Waals surface area contributed by atoms with E-state index < -0.39 is 0 Å². The predicted octanol–water partition coefficient (Wildman–Crippen LogP) is 3.81. The number of carbonyl (C=O) groups is 1. The van der Waals surface area contributed by atoms with E-state index in [0.29, 0.717) is 47.4 Å². The average molecular weight is 445 g/mol. The van der Waals surface area contributed by atoms with Crippen molar-refractivity contribution in [1.82, 2.24) is 15.3 Å². The lowest BCUT2D eigenvalue weighted by molar-refractivity contribution is -0.118. The Kier molecular flexibility index (Phi) is 5.57. The molecule has 3 heterocycles. The van der Waals surface area contributed by atoms with E-state index in [9.17, 15) is 10.1 Å². The molecule has 0 unspecified atom stereocenters. The summed E-state index contributed by atoms with van der Waals surface area (Å²) in [7, 11) is 0. The van der Waals surface area contributed by atoms with Gasteiger partial charge in [0.15, 0.2) is 11.5 Å². The molecule has 0 radical (unpaired) electrons. The van der Waals surface area contributed by atoms with E-state index in [1.165, 1.54) is 22.7 Å². The Hall–Kier alpha value is -3.70. The predicted molar refractivity (Wildman–Crippen MR) is 123 cm³/mol. The lowest BCUT2D eigenvalue weighted by Gasteiger charge is -2.18. The van der Waals surface area contributed by atoms with E-state index in [1.54, 1.807) is 6.07 Å². The number of amides is 1. The standard InChI is InChI=1S/C24H20N4O3S/c25-12-17-9-16-10-21-22(31-8-7-30-21)11-20(16)28-24(17)32-14-23(29)26-6-5-15-13-27-19-4-2-1-3-18(15)19/h1-4,9-11,13,27H,5-8,14H2,(H,26,29). The van der Waals surface area contributed by atoms with Gasteiger partial charge in [0.2, 0.25) is 5.91 Å². The topological polar surface area (TPSA) is 100 Å². The van der Waals surface area contributed by atoms with Gasteiger partial charge in [0, 0.05) is 35.1 Å². The molecule has 2 aromatic heterocycles. The maximum absolute atomic E-state index is 12.4. The van der Waals surface area contributed by atoms with Gasteiger partial charge in [-0.25, -0.2) is 4.98 Å². The monoisotopic (exact) mass is 444 g/mol. The van der Waals surface area contributed by atoms with Crippen molar-refractivity contribution in [2.45, 2.75) is 11.4 Å². The Labute approximate surface area is 188 Å². The van der Waals surface area contributed by atoms with Gasteiger partial charge in [-0.05, 0) is 30.2 Å². The van der Waals surface area contributed by atoms with Gasteiger partial charge < -0.3 is 19.8 Å². The summed E-state index contributed by atoms with van der Waals surface area (Å²) in [6.45, 7) is 1.54. The molecular formula is C24H20N4O3S. The van der Waals surface area contributed by atoms with Crippen LogP contribution in [0.25, 0.3) is 21.8 Å². The van der Waals surface area contributed by atoms with Crippen molar-refractivity contribution in [3.63, 3.8) is 0 Å². The summed E-state index contributed by atoms with van der Waals surface area (Å²) in [6.07, 6.45) is 2.72. The normalized spacial score (nSPS) is 12.6. The third-order valence-electron chi connectivity index (χ3n) is 5.30. The molecule has 7 nitrogen and oxygen atoms in total. The van der Waals surface area contributed by atoms with Crippen LogP contribution in [0.15, 0.2) is 53.7 Å². The van der Waals surface area contributed by atoms with E-state index in [-0.39, 0.29) is 11.7 Å². The van der Waals surface area contributed by atoms with Crippen LogP contribution in [0, 0.1) is 11.3 Å². The number of pyridine rings is 1. The zero-order valence-electron chi connectivity index (χ0n) is 17.2. The maximum Gasteiger partial charge on any atom is 0.230 e. The average Bonchev–Trinajstić information content (AvgIpc) is 3.24. The summed E-state index contributed by atoms with van der Waals surface area (Å²) in [4.78, 5) is 20.2. The van der Waals surface area contributed by atoms with E-state index in [2.05, 4.69) is 27.4 Å². The van der Waals surface area contributed by atoms with E-state index >= 15 is 0 Å². The minimum Gasteiger partial charge on any atom is -0.486 e. The third-order valence-corrected chi connectivity index (χ3v) is 6.29. The van der Waals surface area contributed by atoms with Gasteiger partial charge in [-0.1, -0.05) is 30.0 Å². The number of fused-ring (bicyclic) bond motifs is 3. The molecule has 8 heteroatoms. The Morgan fingerprint density at radius 2 is 2.00 bits per heavy atom. The largest absolute Gasteiger partial charge is 0.486 e. The van der Waals surface area contributed by atoms with Gasteiger partial charge >= 0.3 is 0 Å². The van der Waals surface area contributed by atoms with Crippen molar-refractivity contribution < 1.29 is 14.3 Å². The zero-order chi connectivity index (χ0) is 21.9. The third kappa shape index (κ3) is 4.07. The minimum absolute atomic E-state index is 0.0946. The zero-order valence-corrected chi connectivity index (χ0v) is 18.0. The number of nitrogens with one attached hydrogen (secondary N) is 2. The number of para-hydroxylation sites is 1. The smallest absolute Gasteiger partial charge is 0.230 e. The second kappa shape index (κ2) is 8.81. The molecule has 0 aliphatic carbocycles. The summed E-state index contributed by atoms with van der Waals surface area (Å²) < 4.78 is 11.2. The van der Waals surface area contributed by atoms with Crippen LogP contribution in [0.5, 0.6) is 11.5 Å². The molecule has 1 amide bonds. The van der Waals surface area contributed by atoms with Crippen molar-refractivity contribution in [2.75, 3.05) is 25.5 Å².